The third-order valence-electron chi connectivity index (χ3n) is 3.65. The van der Waals surface area contributed by atoms with Crippen LogP contribution in [0, 0.1) is 5.92 Å². The van der Waals surface area contributed by atoms with E-state index in [1.165, 1.54) is 0 Å². The third kappa shape index (κ3) is 6.10. The van der Waals surface area contributed by atoms with Gasteiger partial charge in [0, 0.05) is 10.8 Å². The van der Waals surface area contributed by atoms with Crippen LogP contribution in [0.4, 0.5) is 0 Å². The highest BCUT2D eigenvalue weighted by Crippen LogP contribution is 2.22. The van der Waals surface area contributed by atoms with E-state index < -0.39 is 12.0 Å². The minimum absolute atomic E-state index is 0.0753. The molecule has 122 valence electrons. The maximum absolute atomic E-state index is 12.2. The van der Waals surface area contributed by atoms with E-state index in [4.69, 9.17) is 5.11 Å². The van der Waals surface area contributed by atoms with Gasteiger partial charge in [0.1, 0.15) is 0 Å². The lowest BCUT2D eigenvalue weighted by molar-refractivity contribution is -0.137. The van der Waals surface area contributed by atoms with Crippen molar-refractivity contribution in [3.05, 3.63) is 29.8 Å². The molecule has 1 aromatic carbocycles. The Labute approximate surface area is 136 Å². The normalized spacial score (nSPS) is 13.4. The summed E-state index contributed by atoms with van der Waals surface area (Å²) in [5.41, 5.74) is 0.830. The van der Waals surface area contributed by atoms with Gasteiger partial charge in [0.15, 0.2) is 0 Å². The number of aliphatic carboxylic acids is 1. The maximum Gasteiger partial charge on any atom is 0.305 e. The molecule has 1 aromatic rings. The quantitative estimate of drug-likeness (QED) is 0.677. The van der Waals surface area contributed by atoms with Crippen LogP contribution in [0.1, 0.15) is 51.1 Å². The third-order valence-corrected chi connectivity index (χ3v) is 4.40. The second-order valence-electron chi connectivity index (χ2n) is 5.48. The van der Waals surface area contributed by atoms with Crippen molar-refractivity contribution in [2.75, 3.05) is 6.26 Å². The van der Waals surface area contributed by atoms with E-state index in [0.29, 0.717) is 0 Å². The molecule has 0 radical (unpaired) electrons. The summed E-state index contributed by atoms with van der Waals surface area (Å²) >= 11 is 1.63. The molecule has 0 aliphatic carbocycles. The molecule has 2 N–H and O–H groups in total. The van der Waals surface area contributed by atoms with Gasteiger partial charge in [-0.15, -0.1) is 11.8 Å². The highest BCUT2D eigenvalue weighted by atomic mass is 32.2. The summed E-state index contributed by atoms with van der Waals surface area (Å²) in [4.78, 5) is 24.4. The average molecular weight is 323 g/mol. The molecule has 0 saturated heterocycles. The van der Waals surface area contributed by atoms with Crippen LogP contribution in [0.25, 0.3) is 0 Å². The summed E-state index contributed by atoms with van der Waals surface area (Å²) in [6.45, 7) is 3.98. The molecule has 0 bridgehead atoms. The summed E-state index contributed by atoms with van der Waals surface area (Å²) in [6.07, 6.45) is 4.76. The molecule has 0 heterocycles. The number of thioether (sulfide) groups is 1. The zero-order valence-electron chi connectivity index (χ0n) is 13.5. The SMILES string of the molecule is CCCCC(C)C(=O)NC(CC(=O)O)c1ccc(SC)cc1. The fourth-order valence-electron chi connectivity index (χ4n) is 2.22. The van der Waals surface area contributed by atoms with E-state index in [0.717, 1.165) is 29.7 Å². The van der Waals surface area contributed by atoms with Crippen LogP contribution >= 0.6 is 11.8 Å². The number of rotatable bonds is 9. The highest BCUT2D eigenvalue weighted by Gasteiger charge is 2.21. The Morgan fingerprint density at radius 1 is 1.27 bits per heavy atom. The summed E-state index contributed by atoms with van der Waals surface area (Å²) in [6, 6.07) is 7.18. The number of benzene rings is 1. The summed E-state index contributed by atoms with van der Waals surface area (Å²) in [5.74, 6) is -1.09. The van der Waals surface area contributed by atoms with Crippen molar-refractivity contribution in [3.63, 3.8) is 0 Å². The first kappa shape index (κ1) is 18.6. The van der Waals surface area contributed by atoms with Gasteiger partial charge >= 0.3 is 5.97 Å². The number of carbonyl (C=O) groups excluding carboxylic acids is 1. The number of hydrogen-bond acceptors (Lipinski definition) is 3. The molecular formula is C17H25NO3S. The second kappa shape index (κ2) is 9.51. The number of nitrogens with one attached hydrogen (secondary N) is 1. The summed E-state index contributed by atoms with van der Waals surface area (Å²) in [5, 5.41) is 12.0. The lowest BCUT2D eigenvalue weighted by Gasteiger charge is -2.20. The number of unbranched alkanes of at least 4 members (excludes halogenated alkanes) is 1. The van der Waals surface area contributed by atoms with Crippen molar-refractivity contribution in [1.82, 2.24) is 5.32 Å². The number of carbonyl (C=O) groups is 2. The molecule has 2 atom stereocenters. The smallest absolute Gasteiger partial charge is 0.305 e. The molecule has 0 spiro atoms. The van der Waals surface area contributed by atoms with E-state index in [-0.39, 0.29) is 18.2 Å². The van der Waals surface area contributed by atoms with Crippen LogP contribution in [0.5, 0.6) is 0 Å². The summed E-state index contributed by atoms with van der Waals surface area (Å²) < 4.78 is 0. The van der Waals surface area contributed by atoms with Gasteiger partial charge in [0.05, 0.1) is 12.5 Å². The molecule has 4 nitrogen and oxygen atoms in total. The van der Waals surface area contributed by atoms with E-state index in [9.17, 15) is 9.59 Å². The van der Waals surface area contributed by atoms with E-state index in [1.54, 1.807) is 11.8 Å². The zero-order chi connectivity index (χ0) is 16.5. The first-order valence-corrected chi connectivity index (χ1v) is 8.86. The average Bonchev–Trinajstić information content (AvgIpc) is 2.51. The molecule has 0 fully saturated rings. The van der Waals surface area contributed by atoms with E-state index >= 15 is 0 Å². The number of hydrogen-bond donors (Lipinski definition) is 2. The van der Waals surface area contributed by atoms with Crippen LogP contribution in [-0.2, 0) is 9.59 Å². The first-order chi connectivity index (χ1) is 10.5. The zero-order valence-corrected chi connectivity index (χ0v) is 14.3. The van der Waals surface area contributed by atoms with Crippen molar-refractivity contribution >= 4 is 23.6 Å². The van der Waals surface area contributed by atoms with Gasteiger partial charge in [0.2, 0.25) is 5.91 Å². The minimum atomic E-state index is -0.916. The van der Waals surface area contributed by atoms with Gasteiger partial charge in [-0.1, -0.05) is 38.8 Å². The van der Waals surface area contributed by atoms with Crippen LogP contribution in [-0.4, -0.2) is 23.2 Å². The molecule has 0 aromatic heterocycles. The molecule has 0 saturated carbocycles. The van der Waals surface area contributed by atoms with Crippen LogP contribution in [0.2, 0.25) is 0 Å². The number of amides is 1. The Morgan fingerprint density at radius 3 is 2.41 bits per heavy atom. The van der Waals surface area contributed by atoms with Crippen molar-refractivity contribution in [1.29, 1.82) is 0 Å². The standard InChI is InChI=1S/C17H25NO3S/c1-4-5-6-12(2)17(21)18-15(11-16(19)20)13-7-9-14(22-3)10-8-13/h7-10,12,15H,4-6,11H2,1-3H3,(H,18,21)(H,19,20). The minimum Gasteiger partial charge on any atom is -0.481 e. The van der Waals surface area contributed by atoms with E-state index in [1.807, 2.05) is 37.4 Å². The van der Waals surface area contributed by atoms with Crippen molar-refractivity contribution < 1.29 is 14.7 Å². The molecule has 0 aliphatic rings. The molecule has 1 amide bonds. The van der Waals surface area contributed by atoms with Crippen LogP contribution in [0.3, 0.4) is 0 Å². The van der Waals surface area contributed by atoms with Crippen molar-refractivity contribution in [2.45, 2.75) is 50.5 Å². The predicted octanol–water partition coefficient (Wildman–Crippen LogP) is 3.87. The van der Waals surface area contributed by atoms with Gasteiger partial charge < -0.3 is 10.4 Å². The molecule has 22 heavy (non-hydrogen) atoms. The highest BCUT2D eigenvalue weighted by molar-refractivity contribution is 7.98. The Bertz CT molecular complexity index is 487. The largest absolute Gasteiger partial charge is 0.481 e. The molecule has 2 unspecified atom stereocenters. The molecule has 0 aliphatic heterocycles. The Kier molecular flexibility index (Phi) is 8.02. The van der Waals surface area contributed by atoms with Crippen LogP contribution < -0.4 is 5.32 Å². The lowest BCUT2D eigenvalue weighted by atomic mass is 10.00. The number of carboxylic acids is 1. The van der Waals surface area contributed by atoms with Crippen LogP contribution in [0.15, 0.2) is 29.2 Å². The number of carboxylic acid groups (broad SMARTS) is 1. The van der Waals surface area contributed by atoms with Gasteiger partial charge in [-0.05, 0) is 30.4 Å². The predicted molar refractivity (Wildman–Crippen MR) is 90.0 cm³/mol. The Morgan fingerprint density at radius 2 is 1.91 bits per heavy atom. The van der Waals surface area contributed by atoms with Gasteiger partial charge in [0.25, 0.3) is 0 Å². The first-order valence-electron chi connectivity index (χ1n) is 7.64. The van der Waals surface area contributed by atoms with Crippen molar-refractivity contribution in [3.8, 4) is 0 Å². The summed E-state index contributed by atoms with van der Waals surface area (Å²) in [7, 11) is 0. The monoisotopic (exact) mass is 323 g/mol. The fourth-order valence-corrected chi connectivity index (χ4v) is 2.63. The van der Waals surface area contributed by atoms with Gasteiger partial charge in [-0.2, -0.15) is 0 Å². The van der Waals surface area contributed by atoms with Gasteiger partial charge in [-0.3, -0.25) is 9.59 Å². The van der Waals surface area contributed by atoms with E-state index in [2.05, 4.69) is 12.2 Å². The second-order valence-corrected chi connectivity index (χ2v) is 6.36. The van der Waals surface area contributed by atoms with Gasteiger partial charge in [-0.25, -0.2) is 0 Å². The van der Waals surface area contributed by atoms with Crippen molar-refractivity contribution in [2.24, 2.45) is 5.92 Å². The molecular weight excluding hydrogens is 298 g/mol. The topological polar surface area (TPSA) is 66.4 Å². The Balaban J connectivity index is 2.79. The lowest BCUT2D eigenvalue weighted by Crippen LogP contribution is -2.34. The Hall–Kier alpha value is -1.49. The molecule has 1 rings (SSSR count). The maximum atomic E-state index is 12.2. The fraction of sp³-hybridized carbons (Fsp3) is 0.529. The molecule has 5 heteroatoms.